The SMILES string of the molecule is COC(=O)C(Br)c1cc2c(cc1N(O)O)oc1ccccc12. The number of ether oxygens (including phenoxy) is 1. The van der Waals surface area contributed by atoms with Gasteiger partial charge >= 0.3 is 5.97 Å². The average Bonchev–Trinajstić information content (AvgIpc) is 2.89. The Bertz CT molecular complexity index is 858. The van der Waals surface area contributed by atoms with E-state index in [0.717, 1.165) is 10.8 Å². The number of esters is 1. The zero-order chi connectivity index (χ0) is 15.9. The molecule has 0 bridgehead atoms. The van der Waals surface area contributed by atoms with E-state index in [4.69, 9.17) is 9.15 Å². The molecule has 0 aliphatic rings. The number of carbonyl (C=O) groups excluding carboxylic acids is 1. The average molecular weight is 366 g/mol. The molecule has 1 aromatic heterocycles. The first-order chi connectivity index (χ1) is 10.5. The Kier molecular flexibility index (Phi) is 3.78. The van der Waals surface area contributed by atoms with Gasteiger partial charge in [0.15, 0.2) is 0 Å². The zero-order valence-corrected chi connectivity index (χ0v) is 13.1. The number of hydrogen-bond donors (Lipinski definition) is 2. The van der Waals surface area contributed by atoms with Crippen LogP contribution in [-0.2, 0) is 9.53 Å². The van der Waals surface area contributed by atoms with Gasteiger partial charge in [0.1, 0.15) is 21.7 Å². The van der Waals surface area contributed by atoms with Gasteiger partial charge in [-0.25, -0.2) is 0 Å². The van der Waals surface area contributed by atoms with Crippen LogP contribution in [0.2, 0.25) is 0 Å². The second-order valence-electron chi connectivity index (χ2n) is 4.68. The van der Waals surface area contributed by atoms with Crippen molar-refractivity contribution in [1.29, 1.82) is 0 Å². The number of nitrogens with zero attached hydrogens (tertiary/aromatic N) is 1. The van der Waals surface area contributed by atoms with Gasteiger partial charge in [-0.15, -0.1) is 5.23 Å². The molecule has 22 heavy (non-hydrogen) atoms. The van der Waals surface area contributed by atoms with E-state index in [1.165, 1.54) is 13.2 Å². The third kappa shape index (κ3) is 2.33. The number of anilines is 1. The minimum atomic E-state index is -0.840. The second-order valence-corrected chi connectivity index (χ2v) is 5.60. The Morgan fingerprint density at radius 2 is 1.95 bits per heavy atom. The molecule has 2 aromatic carbocycles. The van der Waals surface area contributed by atoms with Gasteiger partial charge in [0.2, 0.25) is 0 Å². The Balaban J connectivity index is 2.30. The standard InChI is InChI=1S/C15H12BrNO5/c1-21-15(18)14(16)10-6-9-8-4-2-3-5-12(8)22-13(9)7-11(10)17(19)20/h2-7,14,19-20H,1H3. The van der Waals surface area contributed by atoms with Crippen LogP contribution < -0.4 is 5.23 Å². The molecule has 2 N–H and O–H groups in total. The van der Waals surface area contributed by atoms with Crippen molar-refractivity contribution in [2.24, 2.45) is 0 Å². The number of hydrogen-bond acceptors (Lipinski definition) is 6. The summed E-state index contributed by atoms with van der Waals surface area (Å²) in [5, 5.41) is 20.4. The quantitative estimate of drug-likeness (QED) is 0.417. The monoisotopic (exact) mass is 365 g/mol. The minimum Gasteiger partial charge on any atom is -0.468 e. The molecule has 0 saturated heterocycles. The second kappa shape index (κ2) is 5.60. The molecule has 0 fully saturated rings. The molecular weight excluding hydrogens is 354 g/mol. The molecule has 114 valence electrons. The predicted molar refractivity (Wildman–Crippen MR) is 83.5 cm³/mol. The summed E-state index contributed by atoms with van der Waals surface area (Å²) in [5.41, 5.74) is 1.54. The number of methoxy groups -OCH3 is 1. The smallest absolute Gasteiger partial charge is 0.324 e. The van der Waals surface area contributed by atoms with E-state index in [1.54, 1.807) is 6.07 Å². The van der Waals surface area contributed by atoms with Crippen molar-refractivity contribution in [1.82, 2.24) is 0 Å². The lowest BCUT2D eigenvalue weighted by Crippen LogP contribution is -2.17. The van der Waals surface area contributed by atoms with E-state index in [1.807, 2.05) is 24.3 Å². The number of furan rings is 1. The molecule has 1 atom stereocenters. The highest BCUT2D eigenvalue weighted by atomic mass is 79.9. The first-order valence-electron chi connectivity index (χ1n) is 6.38. The molecule has 1 heterocycles. The zero-order valence-electron chi connectivity index (χ0n) is 11.5. The fourth-order valence-corrected chi connectivity index (χ4v) is 2.94. The van der Waals surface area contributed by atoms with Crippen molar-refractivity contribution in [3.63, 3.8) is 0 Å². The van der Waals surface area contributed by atoms with Crippen LogP contribution in [-0.4, -0.2) is 23.5 Å². The topological polar surface area (TPSA) is 83.1 Å². The number of fused-ring (bicyclic) bond motifs is 3. The molecular formula is C15H12BrNO5. The molecule has 3 aromatic rings. The fraction of sp³-hybridized carbons (Fsp3) is 0.133. The molecule has 0 amide bonds. The molecule has 0 radical (unpaired) electrons. The van der Waals surface area contributed by atoms with Crippen LogP contribution >= 0.6 is 15.9 Å². The van der Waals surface area contributed by atoms with E-state index in [0.29, 0.717) is 16.7 Å². The summed E-state index contributed by atoms with van der Waals surface area (Å²) in [6.07, 6.45) is 0. The van der Waals surface area contributed by atoms with Crippen LogP contribution in [0.1, 0.15) is 10.4 Å². The first-order valence-corrected chi connectivity index (χ1v) is 7.29. The van der Waals surface area contributed by atoms with Crippen LogP contribution in [0.3, 0.4) is 0 Å². The van der Waals surface area contributed by atoms with E-state index in [2.05, 4.69) is 15.9 Å². The highest BCUT2D eigenvalue weighted by Gasteiger charge is 2.25. The van der Waals surface area contributed by atoms with Crippen molar-refractivity contribution in [2.75, 3.05) is 12.3 Å². The van der Waals surface area contributed by atoms with Gasteiger partial charge in [0, 0.05) is 22.4 Å². The Labute approximate surface area is 133 Å². The first kappa shape index (κ1) is 14.8. The maximum Gasteiger partial charge on any atom is 0.324 e. The van der Waals surface area contributed by atoms with E-state index in [9.17, 15) is 15.2 Å². The molecule has 0 saturated carbocycles. The van der Waals surface area contributed by atoms with Crippen molar-refractivity contribution in [3.8, 4) is 0 Å². The van der Waals surface area contributed by atoms with Crippen LogP contribution in [0.25, 0.3) is 21.9 Å². The summed E-state index contributed by atoms with van der Waals surface area (Å²) in [6.45, 7) is 0. The lowest BCUT2D eigenvalue weighted by molar-refractivity contribution is -0.139. The van der Waals surface area contributed by atoms with E-state index < -0.39 is 10.8 Å². The van der Waals surface area contributed by atoms with E-state index in [-0.39, 0.29) is 10.9 Å². The van der Waals surface area contributed by atoms with E-state index >= 15 is 0 Å². The molecule has 6 nitrogen and oxygen atoms in total. The molecule has 1 unspecified atom stereocenters. The van der Waals surface area contributed by atoms with Crippen molar-refractivity contribution in [3.05, 3.63) is 42.0 Å². The number of para-hydroxylation sites is 1. The van der Waals surface area contributed by atoms with Gasteiger partial charge in [-0.2, -0.15) is 0 Å². The lowest BCUT2D eigenvalue weighted by atomic mass is 10.0. The van der Waals surface area contributed by atoms with Crippen LogP contribution in [0.4, 0.5) is 5.69 Å². The summed E-state index contributed by atoms with van der Waals surface area (Å²) in [4.78, 5) is 10.9. The van der Waals surface area contributed by atoms with Gasteiger partial charge in [0.25, 0.3) is 0 Å². The lowest BCUT2D eigenvalue weighted by Gasteiger charge is -2.16. The van der Waals surface area contributed by atoms with Crippen LogP contribution in [0.5, 0.6) is 0 Å². The molecule has 0 spiro atoms. The highest BCUT2D eigenvalue weighted by Crippen LogP contribution is 2.38. The number of rotatable bonds is 3. The van der Waals surface area contributed by atoms with Crippen molar-refractivity contribution >= 4 is 49.5 Å². The number of halogens is 1. The summed E-state index contributed by atoms with van der Waals surface area (Å²) >= 11 is 3.21. The minimum absolute atomic E-state index is 0.0267. The number of alkyl halides is 1. The maximum atomic E-state index is 11.8. The summed E-state index contributed by atoms with van der Waals surface area (Å²) in [6, 6.07) is 10.6. The number of benzene rings is 2. The van der Waals surface area contributed by atoms with Crippen molar-refractivity contribution < 1.29 is 24.4 Å². The Morgan fingerprint density at radius 1 is 1.23 bits per heavy atom. The summed E-state index contributed by atoms with van der Waals surface area (Å²) in [7, 11) is 1.26. The van der Waals surface area contributed by atoms with Gasteiger partial charge in [-0.05, 0) is 12.1 Å². The third-order valence-corrected chi connectivity index (χ3v) is 4.29. The van der Waals surface area contributed by atoms with Gasteiger partial charge in [0.05, 0.1) is 7.11 Å². The van der Waals surface area contributed by atoms with Crippen LogP contribution in [0.15, 0.2) is 40.8 Å². The summed E-state index contributed by atoms with van der Waals surface area (Å²) < 4.78 is 10.4. The Morgan fingerprint density at radius 3 is 2.64 bits per heavy atom. The molecule has 7 heteroatoms. The van der Waals surface area contributed by atoms with Crippen LogP contribution in [0, 0.1) is 0 Å². The molecule has 3 rings (SSSR count). The van der Waals surface area contributed by atoms with Gasteiger partial charge in [-0.3, -0.25) is 15.2 Å². The fourth-order valence-electron chi connectivity index (χ4n) is 2.38. The molecule has 0 aliphatic carbocycles. The maximum absolute atomic E-state index is 11.8. The highest BCUT2D eigenvalue weighted by molar-refractivity contribution is 9.09. The van der Waals surface area contributed by atoms with Gasteiger partial charge in [-0.1, -0.05) is 34.1 Å². The van der Waals surface area contributed by atoms with Crippen molar-refractivity contribution in [2.45, 2.75) is 4.83 Å². The number of carbonyl (C=O) groups is 1. The Hall–Kier alpha value is -2.09. The largest absolute Gasteiger partial charge is 0.468 e. The molecule has 0 aliphatic heterocycles. The summed E-state index contributed by atoms with van der Waals surface area (Å²) in [5.74, 6) is -0.546. The third-order valence-electron chi connectivity index (χ3n) is 3.42. The van der Waals surface area contributed by atoms with Gasteiger partial charge < -0.3 is 9.15 Å². The normalized spacial score (nSPS) is 12.5. The predicted octanol–water partition coefficient (Wildman–Crippen LogP) is 3.78.